The smallest absolute Gasteiger partial charge is 0.287 e. The molecule has 1 heterocycles. The largest absolute Gasteiger partial charge is 0.375 e. The van der Waals surface area contributed by atoms with Crippen LogP contribution < -0.4 is 5.32 Å². The van der Waals surface area contributed by atoms with Crippen LogP contribution in [0, 0.1) is 21.4 Å². The third-order valence-corrected chi connectivity index (χ3v) is 2.63. The van der Waals surface area contributed by atoms with Gasteiger partial charge in [0.15, 0.2) is 0 Å². The third kappa shape index (κ3) is 2.69. The quantitative estimate of drug-likeness (QED) is 0.645. The summed E-state index contributed by atoms with van der Waals surface area (Å²) in [5.74, 6) is 0.747. The highest BCUT2D eigenvalue weighted by atomic mass is 16.6. The molecule has 0 amide bonds. The highest BCUT2D eigenvalue weighted by Crippen LogP contribution is 2.24. The fourth-order valence-corrected chi connectivity index (χ4v) is 1.71. The van der Waals surface area contributed by atoms with Crippen LogP contribution in [-0.2, 0) is 0 Å². The lowest BCUT2D eigenvalue weighted by molar-refractivity contribution is -0.385. The van der Waals surface area contributed by atoms with Crippen LogP contribution in [0.4, 0.5) is 11.4 Å². The van der Waals surface area contributed by atoms with Crippen LogP contribution in [0.3, 0.4) is 0 Å². The molecule has 1 unspecified atom stereocenters. The van der Waals surface area contributed by atoms with Crippen LogP contribution in [0.25, 0.3) is 0 Å². The average Bonchev–Trinajstić information content (AvgIpc) is 2.92. The summed E-state index contributed by atoms with van der Waals surface area (Å²) in [7, 11) is 0. The van der Waals surface area contributed by atoms with Crippen LogP contribution in [0.15, 0.2) is 30.6 Å². The molecular weight excluding hydrogens is 246 g/mol. The van der Waals surface area contributed by atoms with Crippen molar-refractivity contribution < 1.29 is 4.92 Å². The van der Waals surface area contributed by atoms with Gasteiger partial charge in [-0.05, 0) is 19.1 Å². The first-order chi connectivity index (χ1) is 9.11. The number of nitro benzene ring substituents is 1. The maximum atomic E-state index is 10.7. The molecule has 2 N–H and O–H groups in total. The lowest BCUT2D eigenvalue weighted by Gasteiger charge is -2.12. The summed E-state index contributed by atoms with van der Waals surface area (Å²) < 4.78 is 0. The Labute approximate surface area is 109 Å². The SMILES string of the molecule is CC(Nc1ccc([N+](=O)[O-])c(C#N)c1)c1ncc[nH]1. The first-order valence-electron chi connectivity index (χ1n) is 5.56. The molecule has 0 aliphatic heterocycles. The third-order valence-electron chi connectivity index (χ3n) is 2.63. The molecule has 0 saturated heterocycles. The Kier molecular flexibility index (Phi) is 3.43. The number of benzene rings is 1. The minimum absolute atomic E-state index is 0.0293. The highest BCUT2D eigenvalue weighted by molar-refractivity contribution is 5.59. The molecule has 0 fully saturated rings. The summed E-state index contributed by atoms with van der Waals surface area (Å²) >= 11 is 0. The zero-order valence-corrected chi connectivity index (χ0v) is 10.1. The van der Waals surface area contributed by atoms with E-state index in [1.165, 1.54) is 12.1 Å². The van der Waals surface area contributed by atoms with Crippen molar-refractivity contribution in [3.05, 3.63) is 52.1 Å². The number of nitrogens with zero attached hydrogens (tertiary/aromatic N) is 3. The molecule has 1 aromatic carbocycles. The molecular formula is C12H11N5O2. The molecule has 0 spiro atoms. The van der Waals surface area contributed by atoms with Crippen LogP contribution in [0.1, 0.15) is 24.4 Å². The second-order valence-electron chi connectivity index (χ2n) is 3.94. The van der Waals surface area contributed by atoms with Gasteiger partial charge < -0.3 is 10.3 Å². The van der Waals surface area contributed by atoms with E-state index >= 15 is 0 Å². The van der Waals surface area contributed by atoms with Crippen molar-refractivity contribution in [2.45, 2.75) is 13.0 Å². The Balaban J connectivity index is 2.23. The molecule has 2 aromatic rings. The summed E-state index contributed by atoms with van der Waals surface area (Å²) in [4.78, 5) is 17.2. The van der Waals surface area contributed by atoms with Gasteiger partial charge in [-0.1, -0.05) is 0 Å². The molecule has 0 saturated carbocycles. The van der Waals surface area contributed by atoms with Gasteiger partial charge in [-0.25, -0.2) is 4.98 Å². The number of anilines is 1. The number of imidazole rings is 1. The normalized spacial score (nSPS) is 11.6. The second kappa shape index (κ2) is 5.18. The minimum Gasteiger partial charge on any atom is -0.375 e. The monoisotopic (exact) mass is 257 g/mol. The van der Waals surface area contributed by atoms with Gasteiger partial charge in [0.2, 0.25) is 0 Å². The predicted molar refractivity (Wildman–Crippen MR) is 68.4 cm³/mol. The molecule has 1 aromatic heterocycles. The number of hydrogen-bond acceptors (Lipinski definition) is 5. The number of hydrogen-bond donors (Lipinski definition) is 2. The molecule has 7 heteroatoms. The highest BCUT2D eigenvalue weighted by Gasteiger charge is 2.15. The van der Waals surface area contributed by atoms with Crippen molar-refractivity contribution in [3.63, 3.8) is 0 Å². The lowest BCUT2D eigenvalue weighted by atomic mass is 10.1. The van der Waals surface area contributed by atoms with Crippen molar-refractivity contribution in [1.82, 2.24) is 9.97 Å². The predicted octanol–water partition coefficient (Wildman–Crippen LogP) is 2.36. The number of aromatic amines is 1. The van der Waals surface area contributed by atoms with E-state index in [2.05, 4.69) is 15.3 Å². The Morgan fingerprint density at radius 3 is 2.95 bits per heavy atom. The van der Waals surface area contributed by atoms with E-state index in [1.54, 1.807) is 18.5 Å². The second-order valence-corrected chi connectivity index (χ2v) is 3.94. The van der Waals surface area contributed by atoms with E-state index in [1.807, 2.05) is 13.0 Å². The Morgan fingerprint density at radius 2 is 2.37 bits per heavy atom. The molecule has 7 nitrogen and oxygen atoms in total. The maximum absolute atomic E-state index is 10.7. The number of nitriles is 1. The van der Waals surface area contributed by atoms with E-state index in [0.717, 1.165) is 5.82 Å². The van der Waals surface area contributed by atoms with Crippen molar-refractivity contribution in [2.75, 3.05) is 5.32 Å². The minimum atomic E-state index is -0.571. The first-order valence-corrected chi connectivity index (χ1v) is 5.56. The van der Waals surface area contributed by atoms with Crippen LogP contribution in [0.5, 0.6) is 0 Å². The topological polar surface area (TPSA) is 108 Å². The average molecular weight is 257 g/mol. The molecule has 2 rings (SSSR count). The number of nitro groups is 1. The summed E-state index contributed by atoms with van der Waals surface area (Å²) in [6.45, 7) is 1.90. The maximum Gasteiger partial charge on any atom is 0.287 e. The Bertz CT molecular complexity index is 630. The number of aromatic nitrogens is 2. The molecule has 0 bridgehead atoms. The van der Waals surface area contributed by atoms with E-state index in [0.29, 0.717) is 5.69 Å². The number of nitrogens with one attached hydrogen (secondary N) is 2. The molecule has 19 heavy (non-hydrogen) atoms. The van der Waals surface area contributed by atoms with Crippen molar-refractivity contribution in [3.8, 4) is 6.07 Å². The van der Waals surface area contributed by atoms with Gasteiger partial charge in [0, 0.05) is 24.1 Å². The van der Waals surface area contributed by atoms with Gasteiger partial charge in [-0.15, -0.1) is 0 Å². The van der Waals surface area contributed by atoms with E-state index in [-0.39, 0.29) is 17.3 Å². The van der Waals surface area contributed by atoms with Gasteiger partial charge in [0.05, 0.1) is 11.0 Å². The molecule has 1 atom stereocenters. The van der Waals surface area contributed by atoms with Gasteiger partial charge in [-0.2, -0.15) is 5.26 Å². The molecule has 0 aliphatic rings. The van der Waals surface area contributed by atoms with E-state index in [9.17, 15) is 10.1 Å². The zero-order valence-electron chi connectivity index (χ0n) is 10.1. The van der Waals surface area contributed by atoms with Crippen LogP contribution in [0.2, 0.25) is 0 Å². The van der Waals surface area contributed by atoms with Gasteiger partial charge in [0.1, 0.15) is 17.5 Å². The fourth-order valence-electron chi connectivity index (χ4n) is 1.71. The molecule has 0 aliphatic carbocycles. The van der Waals surface area contributed by atoms with Crippen LogP contribution >= 0.6 is 0 Å². The Morgan fingerprint density at radius 1 is 1.58 bits per heavy atom. The number of rotatable bonds is 4. The fraction of sp³-hybridized carbons (Fsp3) is 0.167. The Hall–Kier alpha value is -2.88. The number of H-pyrrole nitrogens is 1. The summed E-state index contributed by atoms with van der Waals surface area (Å²) in [5.41, 5.74) is 0.464. The van der Waals surface area contributed by atoms with Crippen molar-refractivity contribution in [1.29, 1.82) is 5.26 Å². The van der Waals surface area contributed by atoms with Gasteiger partial charge >= 0.3 is 0 Å². The van der Waals surface area contributed by atoms with Gasteiger partial charge in [0.25, 0.3) is 5.69 Å². The molecule has 96 valence electrons. The van der Waals surface area contributed by atoms with Crippen LogP contribution in [-0.4, -0.2) is 14.9 Å². The summed E-state index contributed by atoms with van der Waals surface area (Å²) in [6.07, 6.45) is 3.36. The van der Waals surface area contributed by atoms with E-state index in [4.69, 9.17) is 5.26 Å². The molecule has 0 radical (unpaired) electrons. The van der Waals surface area contributed by atoms with Crippen molar-refractivity contribution in [2.24, 2.45) is 0 Å². The summed E-state index contributed by atoms with van der Waals surface area (Å²) in [5, 5.41) is 22.7. The zero-order chi connectivity index (χ0) is 13.8. The first kappa shape index (κ1) is 12.6. The van der Waals surface area contributed by atoms with Gasteiger partial charge in [-0.3, -0.25) is 10.1 Å². The van der Waals surface area contributed by atoms with Crippen molar-refractivity contribution >= 4 is 11.4 Å². The summed E-state index contributed by atoms with van der Waals surface area (Å²) in [6, 6.07) is 6.06. The lowest BCUT2D eigenvalue weighted by Crippen LogP contribution is -2.08. The standard InChI is InChI=1S/C12H11N5O2/c1-8(12-14-4-5-15-12)16-10-2-3-11(17(18)19)9(6-10)7-13/h2-6,8,16H,1H3,(H,14,15). The van der Waals surface area contributed by atoms with E-state index < -0.39 is 4.92 Å².